The monoisotopic (exact) mass is 456 g/mol. The Morgan fingerprint density at radius 2 is 1.33 bits per heavy atom. The summed E-state index contributed by atoms with van der Waals surface area (Å²) < 4.78 is 0. The number of anilines is 3. The van der Waals surface area contributed by atoms with Crippen molar-refractivity contribution in [2.45, 2.75) is 9.79 Å². The van der Waals surface area contributed by atoms with Crippen molar-refractivity contribution in [3.63, 3.8) is 0 Å². The summed E-state index contributed by atoms with van der Waals surface area (Å²) in [6.45, 7) is 0.411. The van der Waals surface area contributed by atoms with Crippen LogP contribution in [0.3, 0.4) is 0 Å². The number of halogens is 4. The number of phenols is 1. The summed E-state index contributed by atoms with van der Waals surface area (Å²) in [6, 6.07) is 14.0. The number of nitrogens with one attached hydrogen (secondary N) is 1. The number of benzene rings is 3. The van der Waals surface area contributed by atoms with E-state index in [1.165, 1.54) is 11.8 Å². The van der Waals surface area contributed by atoms with Crippen LogP contribution in [0, 0.1) is 0 Å². The van der Waals surface area contributed by atoms with Crippen LogP contribution >= 0.6 is 58.2 Å². The third kappa shape index (κ3) is 3.78. The van der Waals surface area contributed by atoms with E-state index in [0.717, 1.165) is 26.9 Å². The molecule has 0 amide bonds. The molecule has 0 atom stereocenters. The van der Waals surface area contributed by atoms with E-state index >= 15 is 0 Å². The molecule has 1 aliphatic rings. The van der Waals surface area contributed by atoms with E-state index < -0.39 is 0 Å². The first-order valence-electron chi connectivity index (χ1n) is 7.89. The minimum Gasteiger partial charge on any atom is -0.508 e. The molecule has 0 saturated heterocycles. The van der Waals surface area contributed by atoms with Gasteiger partial charge in [-0.05, 0) is 48.5 Å². The Balaban J connectivity index is 1.78. The number of hydrogen-bond acceptors (Lipinski definition) is 4. The number of nitrogens with zero attached hydrogens (tertiary/aromatic N) is 1. The number of aromatic hydroxyl groups is 1. The topological polar surface area (TPSA) is 35.5 Å². The van der Waals surface area contributed by atoms with Gasteiger partial charge >= 0.3 is 0 Å². The highest BCUT2D eigenvalue weighted by atomic mass is 35.5. The van der Waals surface area contributed by atoms with Gasteiger partial charge in [0.05, 0.1) is 28.1 Å². The highest BCUT2D eigenvalue weighted by Gasteiger charge is 2.28. The van der Waals surface area contributed by atoms with Crippen LogP contribution in [0.25, 0.3) is 0 Å². The molecule has 0 aromatic heterocycles. The van der Waals surface area contributed by atoms with E-state index in [1.54, 1.807) is 36.4 Å². The smallest absolute Gasteiger partial charge is 0.115 e. The first-order valence-corrected chi connectivity index (χ1v) is 10.2. The average molecular weight is 458 g/mol. The van der Waals surface area contributed by atoms with Gasteiger partial charge < -0.3 is 15.3 Å². The van der Waals surface area contributed by atoms with E-state index in [0.29, 0.717) is 26.8 Å². The average Bonchev–Trinajstić information content (AvgIpc) is 2.59. The molecule has 0 spiro atoms. The molecule has 2 N–H and O–H groups in total. The van der Waals surface area contributed by atoms with Gasteiger partial charge in [-0.3, -0.25) is 0 Å². The lowest BCUT2D eigenvalue weighted by atomic mass is 10.2. The first kappa shape index (κ1) is 18.9. The molecule has 0 radical (unpaired) electrons. The fourth-order valence-electron chi connectivity index (χ4n) is 2.90. The molecular formula is C19H12Cl4N2OS. The molecule has 4 rings (SSSR count). The van der Waals surface area contributed by atoms with Gasteiger partial charge in [0.25, 0.3) is 0 Å². The van der Waals surface area contributed by atoms with Crippen molar-refractivity contribution in [1.29, 1.82) is 0 Å². The van der Waals surface area contributed by atoms with Gasteiger partial charge in [-0.15, -0.1) is 0 Å². The van der Waals surface area contributed by atoms with Crippen LogP contribution in [0.1, 0.15) is 0 Å². The fraction of sp³-hybridized carbons (Fsp3) is 0.0526. The van der Waals surface area contributed by atoms with Crippen LogP contribution in [-0.4, -0.2) is 11.8 Å². The summed E-state index contributed by atoms with van der Waals surface area (Å²) in [6.07, 6.45) is 0. The highest BCUT2D eigenvalue weighted by Crippen LogP contribution is 2.54. The van der Waals surface area contributed by atoms with E-state index in [-0.39, 0.29) is 5.75 Å². The maximum atomic E-state index is 9.46. The maximum absolute atomic E-state index is 9.46. The summed E-state index contributed by atoms with van der Waals surface area (Å²) in [5.41, 5.74) is 2.51. The van der Waals surface area contributed by atoms with Crippen molar-refractivity contribution in [2.24, 2.45) is 0 Å². The molecule has 0 saturated carbocycles. The van der Waals surface area contributed by atoms with Crippen molar-refractivity contribution >= 4 is 75.2 Å². The van der Waals surface area contributed by atoms with Crippen LogP contribution in [-0.2, 0) is 0 Å². The molecule has 1 aliphatic heterocycles. The normalized spacial score (nSPS) is 12.5. The van der Waals surface area contributed by atoms with Crippen molar-refractivity contribution in [1.82, 2.24) is 0 Å². The van der Waals surface area contributed by atoms with Crippen molar-refractivity contribution in [3.8, 4) is 5.75 Å². The minimum absolute atomic E-state index is 0.209. The van der Waals surface area contributed by atoms with Gasteiger partial charge in [-0.25, -0.2) is 0 Å². The highest BCUT2D eigenvalue weighted by molar-refractivity contribution is 7.99. The zero-order valence-electron chi connectivity index (χ0n) is 13.6. The molecule has 8 heteroatoms. The zero-order valence-corrected chi connectivity index (χ0v) is 17.5. The second-order valence-electron chi connectivity index (χ2n) is 5.88. The Hall–Kier alpha value is -1.43. The largest absolute Gasteiger partial charge is 0.508 e. The van der Waals surface area contributed by atoms with Gasteiger partial charge in [-0.2, -0.15) is 0 Å². The van der Waals surface area contributed by atoms with Crippen molar-refractivity contribution < 1.29 is 5.11 Å². The number of hydrogen-bond donors (Lipinski definition) is 2. The lowest BCUT2D eigenvalue weighted by molar-refractivity contribution is 0.475. The number of fused-ring (bicyclic) bond motifs is 2. The Bertz CT molecular complexity index is 970. The van der Waals surface area contributed by atoms with E-state index in [1.807, 2.05) is 17.0 Å². The summed E-state index contributed by atoms with van der Waals surface area (Å²) >= 11 is 27.0. The summed E-state index contributed by atoms with van der Waals surface area (Å²) in [7, 11) is 0. The minimum atomic E-state index is 0.209. The van der Waals surface area contributed by atoms with Crippen LogP contribution in [0.5, 0.6) is 5.75 Å². The molecule has 0 fully saturated rings. The molecule has 138 valence electrons. The lowest BCUT2D eigenvalue weighted by Gasteiger charge is -2.34. The Labute approximate surface area is 180 Å². The first-order chi connectivity index (χ1) is 12.9. The third-order valence-corrected chi connectivity index (χ3v) is 6.13. The number of phenolic OH excluding ortho intramolecular Hbond substituents is 1. The van der Waals surface area contributed by atoms with Gasteiger partial charge in [0.1, 0.15) is 5.75 Å². The van der Waals surface area contributed by atoms with Crippen molar-refractivity contribution in [2.75, 3.05) is 16.9 Å². The molecule has 0 bridgehead atoms. The van der Waals surface area contributed by atoms with Crippen molar-refractivity contribution in [3.05, 3.63) is 68.6 Å². The predicted molar refractivity (Wildman–Crippen MR) is 116 cm³/mol. The summed E-state index contributed by atoms with van der Waals surface area (Å²) in [5, 5.41) is 15.0. The second-order valence-corrected chi connectivity index (χ2v) is 8.65. The Morgan fingerprint density at radius 1 is 0.815 bits per heavy atom. The van der Waals surface area contributed by atoms with Crippen LogP contribution < -0.4 is 10.2 Å². The van der Waals surface area contributed by atoms with E-state index in [9.17, 15) is 5.11 Å². The molecule has 3 nitrogen and oxygen atoms in total. The number of rotatable bonds is 3. The molecular weight excluding hydrogens is 446 g/mol. The zero-order chi connectivity index (χ0) is 19.1. The van der Waals surface area contributed by atoms with Crippen LogP contribution in [0.15, 0.2) is 58.3 Å². The summed E-state index contributed by atoms with van der Waals surface area (Å²) in [4.78, 5) is 3.85. The quantitative estimate of drug-likeness (QED) is 0.395. The van der Waals surface area contributed by atoms with E-state index in [2.05, 4.69) is 5.32 Å². The molecule has 3 aromatic carbocycles. The molecule has 27 heavy (non-hydrogen) atoms. The van der Waals surface area contributed by atoms with E-state index in [4.69, 9.17) is 46.4 Å². The van der Waals surface area contributed by atoms with Gasteiger partial charge in [-0.1, -0.05) is 58.2 Å². The maximum Gasteiger partial charge on any atom is 0.115 e. The van der Waals surface area contributed by atoms with Gasteiger partial charge in [0.15, 0.2) is 0 Å². The standard InChI is InChI=1S/C19H12Cl4N2OS/c20-10-5-14(22)18-16(7-10)27-17-8-11(21)6-15(23)19(17)25(18)9-24-12-1-3-13(26)4-2-12/h1-8,24,26H,9H2. The predicted octanol–water partition coefficient (Wildman–Crippen LogP) is 7.68. The van der Waals surface area contributed by atoms with Crippen LogP contribution in [0.2, 0.25) is 20.1 Å². The molecule has 0 unspecified atom stereocenters. The van der Waals surface area contributed by atoms with Crippen LogP contribution in [0.4, 0.5) is 17.1 Å². The Morgan fingerprint density at radius 3 is 1.85 bits per heavy atom. The lowest BCUT2D eigenvalue weighted by Crippen LogP contribution is -2.27. The fourth-order valence-corrected chi connectivity index (χ4v) is 5.58. The molecule has 0 aliphatic carbocycles. The van der Waals surface area contributed by atoms with Gasteiger partial charge in [0.2, 0.25) is 0 Å². The molecule has 3 aromatic rings. The SMILES string of the molecule is Oc1ccc(NCN2c3c(Cl)cc(Cl)cc3Sc3cc(Cl)cc(Cl)c32)cc1. The third-order valence-electron chi connectivity index (χ3n) is 4.05. The van der Waals surface area contributed by atoms with Gasteiger partial charge in [0, 0.05) is 25.5 Å². The summed E-state index contributed by atoms with van der Waals surface area (Å²) in [5.74, 6) is 0.209. The Kier molecular flexibility index (Phi) is 5.28. The second kappa shape index (κ2) is 7.53. The molecule has 1 heterocycles.